The Morgan fingerprint density at radius 2 is 1.80 bits per heavy atom. The summed E-state index contributed by atoms with van der Waals surface area (Å²) in [7, 11) is -3.35. The molecule has 12 heteroatoms. The zero-order valence-electron chi connectivity index (χ0n) is 18.8. The number of ether oxygens (including phenoxy) is 1. The first-order valence-corrected chi connectivity index (χ1v) is 12.4. The maximum absolute atomic E-state index is 13.4. The lowest BCUT2D eigenvalue weighted by Gasteiger charge is -2.40. The highest BCUT2D eigenvalue weighted by Crippen LogP contribution is 2.46. The average Bonchev–Trinajstić information content (AvgIpc) is 3.65. The van der Waals surface area contributed by atoms with Gasteiger partial charge >= 0.3 is 12.1 Å². The molecule has 0 spiro atoms. The van der Waals surface area contributed by atoms with E-state index in [1.807, 2.05) is 0 Å². The number of halogens is 3. The summed E-state index contributed by atoms with van der Waals surface area (Å²) in [5.74, 6) is -1.31. The third-order valence-electron chi connectivity index (χ3n) is 6.58. The Morgan fingerprint density at radius 1 is 1.14 bits per heavy atom. The lowest BCUT2D eigenvalue weighted by molar-refractivity contribution is -0.137. The van der Waals surface area contributed by atoms with Crippen molar-refractivity contribution < 1.29 is 41.3 Å². The number of hydrogen-bond donors (Lipinski definition) is 3. The van der Waals surface area contributed by atoms with Crippen LogP contribution in [0.4, 0.5) is 24.5 Å². The van der Waals surface area contributed by atoms with Gasteiger partial charge in [0.25, 0.3) is 10.0 Å². The van der Waals surface area contributed by atoms with E-state index >= 15 is 0 Å². The van der Waals surface area contributed by atoms with Gasteiger partial charge < -0.3 is 19.8 Å². The second-order valence-corrected chi connectivity index (χ2v) is 10.5. The summed E-state index contributed by atoms with van der Waals surface area (Å²) in [6.07, 6.45) is -2.00. The van der Waals surface area contributed by atoms with Gasteiger partial charge in [0.15, 0.2) is 0 Å². The molecule has 2 fully saturated rings. The van der Waals surface area contributed by atoms with Crippen LogP contribution in [0.25, 0.3) is 0 Å². The van der Waals surface area contributed by atoms with E-state index in [1.54, 1.807) is 4.90 Å². The predicted molar refractivity (Wildman–Crippen MR) is 121 cm³/mol. The number of methoxy groups -OCH3 is 1. The van der Waals surface area contributed by atoms with E-state index in [0.717, 1.165) is 37.1 Å². The number of aliphatic hydroxyl groups is 1. The topological polar surface area (TPSA) is 116 Å². The second kappa shape index (κ2) is 8.90. The fraction of sp³-hybridized carbons (Fsp3) is 0.435. The van der Waals surface area contributed by atoms with E-state index in [9.17, 15) is 36.6 Å². The van der Waals surface area contributed by atoms with Crippen molar-refractivity contribution in [3.8, 4) is 5.75 Å². The van der Waals surface area contributed by atoms with E-state index in [0.29, 0.717) is 32.0 Å². The monoisotopic (exact) mass is 514 g/mol. The molecule has 1 saturated heterocycles. The highest BCUT2D eigenvalue weighted by molar-refractivity contribution is 7.92. The highest BCUT2D eigenvalue weighted by Gasteiger charge is 2.45. The van der Waals surface area contributed by atoms with Gasteiger partial charge in [-0.25, -0.2) is 13.2 Å². The molecule has 2 aromatic rings. The van der Waals surface area contributed by atoms with Crippen molar-refractivity contribution in [1.82, 2.24) is 0 Å². The Kier molecular flexibility index (Phi) is 6.39. The number of carboxylic acids is 1. The minimum atomic E-state index is -4.71. The van der Waals surface area contributed by atoms with E-state index in [-0.39, 0.29) is 28.6 Å². The first-order valence-electron chi connectivity index (χ1n) is 11.0. The Labute approximate surface area is 200 Å². The molecule has 1 aliphatic carbocycles. The van der Waals surface area contributed by atoms with Crippen LogP contribution in [0.5, 0.6) is 5.75 Å². The fourth-order valence-electron chi connectivity index (χ4n) is 4.45. The Bertz CT molecular complexity index is 1240. The minimum absolute atomic E-state index is 0.163. The standard InChI is InChI=1S/C23H25F3N2O6S/c1-34-19-7-2-14(21(29)30)12-20(19)35(32,33)27-17-13-16(23(24,25)26)5-6-18(17)28-10-8-22(31,9-11-28)15-3-4-15/h2,5-7,12-13,15,27,31H,3-4,8-11H2,1H3,(H,29,30). The van der Waals surface area contributed by atoms with Gasteiger partial charge in [-0.1, -0.05) is 0 Å². The number of alkyl halides is 3. The molecule has 1 saturated carbocycles. The SMILES string of the molecule is COc1ccc(C(=O)O)cc1S(=O)(=O)Nc1cc(C(F)(F)F)ccc1N1CCC(O)(C2CC2)CC1. The molecule has 1 aliphatic heterocycles. The summed E-state index contributed by atoms with van der Waals surface area (Å²) in [4.78, 5) is 12.6. The molecule has 2 aliphatic rings. The Hall–Kier alpha value is -2.99. The van der Waals surface area contributed by atoms with Crippen LogP contribution in [0.1, 0.15) is 41.6 Å². The third kappa shape index (κ3) is 5.18. The third-order valence-corrected chi connectivity index (χ3v) is 7.96. The van der Waals surface area contributed by atoms with Crippen LogP contribution < -0.4 is 14.4 Å². The maximum Gasteiger partial charge on any atom is 0.416 e. The number of carboxylic acid groups (broad SMARTS) is 1. The minimum Gasteiger partial charge on any atom is -0.495 e. The van der Waals surface area contributed by atoms with Crippen LogP contribution >= 0.6 is 0 Å². The van der Waals surface area contributed by atoms with Crippen molar-refractivity contribution in [2.24, 2.45) is 5.92 Å². The van der Waals surface area contributed by atoms with Crippen molar-refractivity contribution in [1.29, 1.82) is 0 Å². The number of rotatable bonds is 7. The van der Waals surface area contributed by atoms with E-state index in [2.05, 4.69) is 4.72 Å². The number of sulfonamides is 1. The van der Waals surface area contributed by atoms with Crippen molar-refractivity contribution in [2.45, 2.75) is 42.4 Å². The summed E-state index contributed by atoms with van der Waals surface area (Å²) >= 11 is 0. The normalized spacial score (nSPS) is 18.3. The van der Waals surface area contributed by atoms with Gasteiger partial charge in [-0.05, 0) is 68.0 Å². The Morgan fingerprint density at radius 3 is 2.34 bits per heavy atom. The first kappa shape index (κ1) is 25.1. The molecular formula is C23H25F3N2O6S. The Balaban J connectivity index is 1.71. The highest BCUT2D eigenvalue weighted by atomic mass is 32.2. The summed E-state index contributed by atoms with van der Waals surface area (Å²) < 4.78 is 74.1. The molecule has 0 radical (unpaired) electrons. The molecule has 4 rings (SSSR count). The zero-order chi connectivity index (χ0) is 25.6. The number of hydrogen-bond acceptors (Lipinski definition) is 6. The number of carbonyl (C=O) groups is 1. The van der Waals surface area contributed by atoms with Crippen molar-refractivity contribution in [3.63, 3.8) is 0 Å². The molecule has 0 atom stereocenters. The molecule has 0 unspecified atom stereocenters. The second-order valence-electron chi connectivity index (χ2n) is 8.87. The summed E-state index contributed by atoms with van der Waals surface area (Å²) in [6, 6.07) is 5.99. The van der Waals surface area contributed by atoms with Gasteiger partial charge in [0.1, 0.15) is 10.6 Å². The lowest BCUT2D eigenvalue weighted by Crippen LogP contribution is -2.46. The molecule has 190 valence electrons. The fourth-order valence-corrected chi connectivity index (χ4v) is 5.71. The summed E-state index contributed by atoms with van der Waals surface area (Å²) in [5.41, 5.74) is -2.26. The molecule has 0 amide bonds. The van der Waals surface area contributed by atoms with Crippen LogP contribution in [-0.2, 0) is 16.2 Å². The molecular weight excluding hydrogens is 489 g/mol. The molecule has 0 bridgehead atoms. The van der Waals surface area contributed by atoms with Gasteiger partial charge in [-0.2, -0.15) is 13.2 Å². The van der Waals surface area contributed by atoms with Crippen LogP contribution in [0, 0.1) is 5.92 Å². The average molecular weight is 515 g/mol. The van der Waals surface area contributed by atoms with Gasteiger partial charge in [-0.3, -0.25) is 4.72 Å². The van der Waals surface area contributed by atoms with Crippen molar-refractivity contribution in [3.05, 3.63) is 47.5 Å². The maximum atomic E-state index is 13.4. The molecule has 3 N–H and O–H groups in total. The van der Waals surface area contributed by atoms with E-state index in [1.165, 1.54) is 13.2 Å². The van der Waals surface area contributed by atoms with E-state index < -0.39 is 38.2 Å². The molecule has 2 aromatic carbocycles. The van der Waals surface area contributed by atoms with Crippen LogP contribution in [0.15, 0.2) is 41.3 Å². The number of nitrogens with one attached hydrogen (secondary N) is 1. The van der Waals surface area contributed by atoms with Crippen LogP contribution in [0.2, 0.25) is 0 Å². The summed E-state index contributed by atoms with van der Waals surface area (Å²) in [6.45, 7) is 0.676. The molecule has 35 heavy (non-hydrogen) atoms. The van der Waals surface area contributed by atoms with Crippen molar-refractivity contribution in [2.75, 3.05) is 29.8 Å². The van der Waals surface area contributed by atoms with E-state index in [4.69, 9.17) is 4.74 Å². The molecule has 1 heterocycles. The van der Waals surface area contributed by atoms with Gasteiger partial charge in [0.2, 0.25) is 0 Å². The number of benzene rings is 2. The zero-order valence-corrected chi connectivity index (χ0v) is 19.6. The smallest absolute Gasteiger partial charge is 0.416 e. The van der Waals surface area contributed by atoms with Gasteiger partial charge in [-0.15, -0.1) is 0 Å². The van der Waals surface area contributed by atoms with Crippen molar-refractivity contribution >= 4 is 27.4 Å². The number of nitrogens with zero attached hydrogens (tertiary/aromatic N) is 1. The molecule has 0 aromatic heterocycles. The quantitative estimate of drug-likeness (QED) is 0.512. The van der Waals surface area contributed by atoms with Crippen LogP contribution in [-0.4, -0.2) is 50.4 Å². The van der Waals surface area contributed by atoms with Crippen LogP contribution in [0.3, 0.4) is 0 Å². The largest absolute Gasteiger partial charge is 0.495 e. The number of aromatic carboxylic acids is 1. The van der Waals surface area contributed by atoms with Gasteiger partial charge in [0.05, 0.1) is 35.2 Å². The predicted octanol–water partition coefficient (Wildman–Crippen LogP) is 3.95. The summed E-state index contributed by atoms with van der Waals surface area (Å²) in [5, 5.41) is 20.1. The molecule has 8 nitrogen and oxygen atoms in total. The lowest BCUT2D eigenvalue weighted by atomic mass is 9.86. The first-order chi connectivity index (χ1) is 16.3. The number of anilines is 2. The van der Waals surface area contributed by atoms with Gasteiger partial charge in [0, 0.05) is 13.1 Å². The number of piperidine rings is 1.